The van der Waals surface area contributed by atoms with Crippen LogP contribution in [0.15, 0.2) is 24.8 Å². The molecule has 0 aliphatic rings. The molecule has 1 atom stereocenters. The highest BCUT2D eigenvalue weighted by atomic mass is 35.5. The van der Waals surface area contributed by atoms with Crippen LogP contribution < -0.4 is 21.5 Å². The molecule has 12 heteroatoms. The fraction of sp³-hybridized carbons (Fsp3) is 0.400. The van der Waals surface area contributed by atoms with Crippen LogP contribution in [0.4, 0.5) is 5.82 Å². The Morgan fingerprint density at radius 3 is 2.84 bits per heavy atom. The number of nitrogens with two attached hydrogens (primary N) is 2. The van der Waals surface area contributed by atoms with Gasteiger partial charge in [0.25, 0.3) is 0 Å². The van der Waals surface area contributed by atoms with Crippen molar-refractivity contribution in [3.05, 3.63) is 40.4 Å². The van der Waals surface area contributed by atoms with Gasteiger partial charge in [-0.3, -0.25) is 4.79 Å². The van der Waals surface area contributed by atoms with Gasteiger partial charge in [0.1, 0.15) is 17.6 Å². The highest BCUT2D eigenvalue weighted by molar-refractivity contribution is 6.42. The fourth-order valence-corrected chi connectivity index (χ4v) is 3.46. The minimum Gasteiger partial charge on any atom is -0.493 e. The Hall–Kier alpha value is -2.66. The Morgan fingerprint density at radius 1 is 1.25 bits per heavy atom. The van der Waals surface area contributed by atoms with E-state index in [1.807, 2.05) is 0 Å². The van der Waals surface area contributed by atoms with Crippen LogP contribution in [0.1, 0.15) is 18.4 Å². The van der Waals surface area contributed by atoms with Gasteiger partial charge in [0.2, 0.25) is 5.91 Å². The van der Waals surface area contributed by atoms with E-state index in [2.05, 4.69) is 20.3 Å². The number of amides is 1. The highest BCUT2D eigenvalue weighted by Gasteiger charge is 2.17. The number of rotatable bonds is 11. The molecule has 0 aliphatic carbocycles. The summed E-state index contributed by atoms with van der Waals surface area (Å²) in [7, 11) is 1.57. The minimum atomic E-state index is -0.619. The zero-order valence-electron chi connectivity index (χ0n) is 17.6. The molecule has 2 aromatic heterocycles. The number of carbonyl (C=O) groups is 1. The van der Waals surface area contributed by atoms with Gasteiger partial charge in [-0.2, -0.15) is 0 Å². The number of imidazole rings is 1. The molecule has 3 aromatic rings. The number of anilines is 1. The van der Waals surface area contributed by atoms with Crippen molar-refractivity contribution < 1.29 is 14.3 Å². The molecule has 0 radical (unpaired) electrons. The van der Waals surface area contributed by atoms with Crippen molar-refractivity contribution in [2.45, 2.75) is 25.4 Å². The lowest BCUT2D eigenvalue weighted by Crippen LogP contribution is -2.41. The molecule has 2 heterocycles. The van der Waals surface area contributed by atoms with E-state index in [4.69, 9.17) is 44.1 Å². The summed E-state index contributed by atoms with van der Waals surface area (Å²) in [6.45, 7) is 1.53. The van der Waals surface area contributed by atoms with E-state index in [1.54, 1.807) is 30.1 Å². The second-order valence-electron chi connectivity index (χ2n) is 7.02. The summed E-state index contributed by atoms with van der Waals surface area (Å²) < 4.78 is 12.6. The lowest BCUT2D eigenvalue weighted by Gasteiger charge is -2.16. The monoisotopic (exact) mass is 481 g/mol. The molecule has 1 amide bonds. The van der Waals surface area contributed by atoms with Gasteiger partial charge in [0, 0.05) is 19.2 Å². The van der Waals surface area contributed by atoms with Crippen molar-refractivity contribution in [2.75, 3.05) is 32.6 Å². The first kappa shape index (κ1) is 24.0. The average molecular weight is 482 g/mol. The third kappa shape index (κ3) is 5.77. The SMILES string of the molecule is COCCNC(=O)[C@H](N)CCCOc1ccc(Cl)c(Cl)c1Cn1cnc2c(N)ncnc21. The molecule has 0 fully saturated rings. The largest absolute Gasteiger partial charge is 0.493 e. The van der Waals surface area contributed by atoms with Gasteiger partial charge in [-0.05, 0) is 25.0 Å². The first-order valence-corrected chi connectivity index (χ1v) is 10.7. The number of halogens is 2. The molecule has 0 unspecified atom stereocenters. The number of nitrogens with zero attached hydrogens (tertiary/aromatic N) is 4. The normalized spacial score (nSPS) is 12.1. The summed E-state index contributed by atoms with van der Waals surface area (Å²) in [5.74, 6) is 0.650. The van der Waals surface area contributed by atoms with Gasteiger partial charge in [-0.15, -0.1) is 0 Å². The Labute approximate surface area is 195 Å². The van der Waals surface area contributed by atoms with Gasteiger partial charge in [-0.1, -0.05) is 23.2 Å². The number of aromatic nitrogens is 4. The summed E-state index contributed by atoms with van der Waals surface area (Å²) in [6, 6.07) is 2.80. The third-order valence-corrected chi connectivity index (χ3v) is 5.61. The highest BCUT2D eigenvalue weighted by Crippen LogP contribution is 2.34. The van der Waals surface area contributed by atoms with E-state index in [0.717, 1.165) is 0 Å². The number of nitrogen functional groups attached to an aromatic ring is 1. The number of hydrogen-bond donors (Lipinski definition) is 3. The molecular weight excluding hydrogens is 457 g/mol. The molecule has 0 aliphatic heterocycles. The molecule has 0 saturated carbocycles. The first-order valence-electron chi connectivity index (χ1n) is 9.95. The minimum absolute atomic E-state index is 0.217. The molecule has 0 bridgehead atoms. The summed E-state index contributed by atoms with van der Waals surface area (Å²) >= 11 is 12.7. The van der Waals surface area contributed by atoms with Crippen LogP contribution in [0.25, 0.3) is 11.2 Å². The van der Waals surface area contributed by atoms with Crippen LogP contribution in [-0.2, 0) is 16.1 Å². The van der Waals surface area contributed by atoms with Gasteiger partial charge in [-0.25, -0.2) is 15.0 Å². The van der Waals surface area contributed by atoms with E-state index < -0.39 is 6.04 Å². The molecule has 10 nitrogen and oxygen atoms in total. The van der Waals surface area contributed by atoms with Crippen LogP contribution in [-0.4, -0.2) is 58.3 Å². The number of ether oxygens (including phenoxy) is 2. The molecule has 32 heavy (non-hydrogen) atoms. The van der Waals surface area contributed by atoms with E-state index in [0.29, 0.717) is 77.5 Å². The fourth-order valence-electron chi connectivity index (χ4n) is 3.07. The predicted octanol–water partition coefficient (Wildman–Crippen LogP) is 2.01. The quantitative estimate of drug-likeness (QED) is 0.352. The molecule has 1 aromatic carbocycles. The van der Waals surface area contributed by atoms with Crippen LogP contribution in [0.5, 0.6) is 5.75 Å². The topological polar surface area (TPSA) is 143 Å². The maximum Gasteiger partial charge on any atom is 0.236 e. The summed E-state index contributed by atoms with van der Waals surface area (Å²) in [6.07, 6.45) is 4.04. The first-order chi connectivity index (χ1) is 15.4. The average Bonchev–Trinajstić information content (AvgIpc) is 3.19. The number of hydrogen-bond acceptors (Lipinski definition) is 8. The molecule has 3 rings (SSSR count). The number of benzene rings is 1. The molecule has 0 saturated heterocycles. The van der Waals surface area contributed by atoms with Crippen molar-refractivity contribution >= 4 is 46.1 Å². The molecular formula is C20H25Cl2N7O3. The van der Waals surface area contributed by atoms with Crippen molar-refractivity contribution in [1.82, 2.24) is 24.8 Å². The second-order valence-corrected chi connectivity index (χ2v) is 7.81. The number of nitrogens with one attached hydrogen (secondary N) is 1. The Bertz CT molecular complexity index is 1080. The van der Waals surface area contributed by atoms with Crippen LogP contribution in [0, 0.1) is 0 Å². The lowest BCUT2D eigenvalue weighted by molar-refractivity contribution is -0.122. The van der Waals surface area contributed by atoms with Gasteiger partial charge >= 0.3 is 0 Å². The molecule has 172 valence electrons. The zero-order valence-corrected chi connectivity index (χ0v) is 19.1. The number of methoxy groups -OCH3 is 1. The van der Waals surface area contributed by atoms with Crippen molar-refractivity contribution in [2.24, 2.45) is 5.73 Å². The van der Waals surface area contributed by atoms with E-state index >= 15 is 0 Å². The van der Waals surface area contributed by atoms with Crippen LogP contribution in [0.3, 0.4) is 0 Å². The second kappa shape index (κ2) is 11.3. The van der Waals surface area contributed by atoms with Crippen molar-refractivity contribution in [3.63, 3.8) is 0 Å². The Balaban J connectivity index is 1.65. The Morgan fingerprint density at radius 2 is 2.06 bits per heavy atom. The third-order valence-electron chi connectivity index (χ3n) is 4.77. The molecule has 0 spiro atoms. The number of fused-ring (bicyclic) bond motifs is 1. The van der Waals surface area contributed by atoms with E-state index in [-0.39, 0.29) is 5.91 Å². The van der Waals surface area contributed by atoms with E-state index in [9.17, 15) is 4.79 Å². The maximum atomic E-state index is 11.9. The molecule has 5 N–H and O–H groups in total. The van der Waals surface area contributed by atoms with Gasteiger partial charge in [0.05, 0.1) is 42.2 Å². The lowest BCUT2D eigenvalue weighted by atomic mass is 10.1. The maximum absolute atomic E-state index is 11.9. The standard InChI is InChI=1S/C20H25Cl2N7O3/c1-31-8-6-25-20(30)14(23)3-2-7-32-15-5-4-13(21)16(22)12(15)9-29-11-28-17-18(24)26-10-27-19(17)29/h4-5,10-11,14H,2-3,6-9,23H2,1H3,(H,25,30)(H2,24,26,27)/t14-/m1/s1. The predicted molar refractivity (Wildman–Crippen MR) is 123 cm³/mol. The van der Waals surface area contributed by atoms with Crippen LogP contribution in [0.2, 0.25) is 10.0 Å². The van der Waals surface area contributed by atoms with E-state index in [1.165, 1.54) is 6.33 Å². The Kier molecular flexibility index (Phi) is 8.46. The number of carbonyl (C=O) groups excluding carboxylic acids is 1. The van der Waals surface area contributed by atoms with Gasteiger partial charge in [0.15, 0.2) is 11.5 Å². The van der Waals surface area contributed by atoms with Crippen molar-refractivity contribution in [1.29, 1.82) is 0 Å². The smallest absolute Gasteiger partial charge is 0.236 e. The van der Waals surface area contributed by atoms with Gasteiger partial charge < -0.3 is 30.8 Å². The summed E-state index contributed by atoms with van der Waals surface area (Å²) in [4.78, 5) is 24.4. The van der Waals surface area contributed by atoms with Crippen LogP contribution >= 0.6 is 23.2 Å². The summed E-state index contributed by atoms with van der Waals surface area (Å²) in [5.41, 5.74) is 13.5. The zero-order chi connectivity index (χ0) is 23.1. The summed E-state index contributed by atoms with van der Waals surface area (Å²) in [5, 5.41) is 3.50. The van der Waals surface area contributed by atoms with Crippen molar-refractivity contribution in [3.8, 4) is 5.75 Å².